The molecule has 1 N–H and O–H groups in total. The summed E-state index contributed by atoms with van der Waals surface area (Å²) in [6, 6.07) is 5.42. The zero-order valence-corrected chi connectivity index (χ0v) is 18.6. The van der Waals surface area contributed by atoms with Crippen LogP contribution in [0.4, 0.5) is 10.3 Å². The maximum atomic E-state index is 14.5. The lowest BCUT2D eigenvalue weighted by molar-refractivity contribution is 0.209. The molecule has 0 bridgehead atoms. The zero-order chi connectivity index (χ0) is 22.2. The highest BCUT2D eigenvalue weighted by Crippen LogP contribution is 2.30. The molecule has 0 spiro atoms. The van der Waals surface area contributed by atoms with Crippen LogP contribution in [0.2, 0.25) is 0 Å². The van der Waals surface area contributed by atoms with Crippen LogP contribution in [-0.4, -0.2) is 61.4 Å². The molecule has 1 saturated heterocycles. The summed E-state index contributed by atoms with van der Waals surface area (Å²) in [7, 11) is 3.13. The predicted molar refractivity (Wildman–Crippen MR) is 116 cm³/mol. The minimum Gasteiger partial charge on any atom is -0.491 e. The third-order valence-corrected chi connectivity index (χ3v) is 5.09. The number of rotatable bonds is 10. The number of hydrogen-bond acceptors (Lipinski definition) is 8. The van der Waals surface area contributed by atoms with Crippen molar-refractivity contribution in [1.29, 1.82) is 0 Å². The fourth-order valence-electron chi connectivity index (χ4n) is 3.59. The Morgan fingerprint density at radius 1 is 0.968 bits per heavy atom. The van der Waals surface area contributed by atoms with Gasteiger partial charge in [-0.1, -0.05) is 0 Å². The van der Waals surface area contributed by atoms with Crippen LogP contribution < -0.4 is 24.3 Å². The van der Waals surface area contributed by atoms with Crippen molar-refractivity contribution in [1.82, 2.24) is 14.9 Å². The van der Waals surface area contributed by atoms with Crippen molar-refractivity contribution >= 4 is 5.95 Å². The second-order valence-electron chi connectivity index (χ2n) is 7.24. The van der Waals surface area contributed by atoms with E-state index in [0.717, 1.165) is 31.5 Å². The van der Waals surface area contributed by atoms with Crippen LogP contribution in [0.25, 0.3) is 0 Å². The van der Waals surface area contributed by atoms with Crippen LogP contribution in [0.5, 0.6) is 23.3 Å². The first-order valence-corrected chi connectivity index (χ1v) is 10.6. The Morgan fingerprint density at radius 3 is 2.00 bits per heavy atom. The highest BCUT2D eigenvalue weighted by atomic mass is 19.1. The lowest BCUT2D eigenvalue weighted by atomic mass is 10.0. The lowest BCUT2D eigenvalue weighted by Gasteiger charge is -2.32. The average molecular weight is 435 g/mol. The van der Waals surface area contributed by atoms with Crippen LogP contribution in [-0.2, 0) is 6.54 Å². The van der Waals surface area contributed by atoms with Gasteiger partial charge in [0.2, 0.25) is 23.5 Å². The first-order valence-electron chi connectivity index (χ1n) is 10.6. The number of aromatic nitrogens is 2. The summed E-state index contributed by atoms with van der Waals surface area (Å²) in [6.07, 6.45) is 1.86. The van der Waals surface area contributed by atoms with Crippen molar-refractivity contribution < 1.29 is 23.3 Å². The second kappa shape index (κ2) is 11.0. The largest absolute Gasteiger partial charge is 0.491 e. The Labute approximate surface area is 182 Å². The number of nitrogens with one attached hydrogen (secondary N) is 1. The fourth-order valence-corrected chi connectivity index (χ4v) is 3.59. The Bertz CT molecular complexity index is 810. The van der Waals surface area contributed by atoms with Crippen molar-refractivity contribution in [2.45, 2.75) is 39.3 Å². The fraction of sp³-hybridized carbons (Fsp3) is 0.545. The van der Waals surface area contributed by atoms with E-state index in [1.165, 1.54) is 0 Å². The Balaban J connectivity index is 1.60. The van der Waals surface area contributed by atoms with Gasteiger partial charge in [-0.3, -0.25) is 4.90 Å². The molecule has 170 valence electrons. The molecule has 0 radical (unpaired) electrons. The Morgan fingerprint density at radius 2 is 1.52 bits per heavy atom. The first-order chi connectivity index (χ1) is 15.1. The molecular formula is C22H31FN4O4. The topological polar surface area (TPSA) is 78.0 Å². The van der Waals surface area contributed by atoms with Crippen molar-refractivity contribution in [3.05, 3.63) is 29.6 Å². The van der Waals surface area contributed by atoms with E-state index in [2.05, 4.69) is 20.2 Å². The minimum atomic E-state index is -0.441. The molecule has 9 heteroatoms. The molecule has 31 heavy (non-hydrogen) atoms. The van der Waals surface area contributed by atoms with E-state index in [0.29, 0.717) is 37.5 Å². The van der Waals surface area contributed by atoms with Crippen LogP contribution in [0.1, 0.15) is 32.3 Å². The highest BCUT2D eigenvalue weighted by Gasteiger charge is 2.22. The van der Waals surface area contributed by atoms with Gasteiger partial charge in [-0.05, 0) is 44.4 Å². The maximum Gasteiger partial charge on any atom is 0.229 e. The van der Waals surface area contributed by atoms with Crippen LogP contribution >= 0.6 is 0 Å². The van der Waals surface area contributed by atoms with E-state index >= 15 is 0 Å². The molecule has 2 aromatic rings. The molecule has 0 amide bonds. The minimum absolute atomic E-state index is 0.240. The Kier molecular flexibility index (Phi) is 8.11. The summed E-state index contributed by atoms with van der Waals surface area (Å²) < 4.78 is 35.8. The third-order valence-electron chi connectivity index (χ3n) is 5.09. The summed E-state index contributed by atoms with van der Waals surface area (Å²) in [5.74, 6) is 1.45. The molecule has 0 atom stereocenters. The van der Waals surface area contributed by atoms with E-state index in [-0.39, 0.29) is 17.5 Å². The van der Waals surface area contributed by atoms with Gasteiger partial charge < -0.3 is 24.3 Å². The monoisotopic (exact) mass is 434 g/mol. The molecule has 1 aliphatic rings. The van der Waals surface area contributed by atoms with E-state index in [4.69, 9.17) is 18.9 Å². The van der Waals surface area contributed by atoms with E-state index in [1.54, 1.807) is 32.4 Å². The normalized spacial score (nSPS) is 14.9. The smallest absolute Gasteiger partial charge is 0.229 e. The molecule has 1 aromatic carbocycles. The second-order valence-corrected chi connectivity index (χ2v) is 7.24. The maximum absolute atomic E-state index is 14.5. The van der Waals surface area contributed by atoms with E-state index < -0.39 is 5.82 Å². The van der Waals surface area contributed by atoms with Crippen molar-refractivity contribution in [3.8, 4) is 23.3 Å². The number of methoxy groups -OCH3 is 2. The van der Waals surface area contributed by atoms with Gasteiger partial charge in [0, 0.05) is 25.7 Å². The van der Waals surface area contributed by atoms with Gasteiger partial charge in [0.05, 0.1) is 33.5 Å². The first kappa shape index (κ1) is 22.9. The number of benzene rings is 1. The average Bonchev–Trinajstić information content (AvgIpc) is 2.78. The third kappa shape index (κ3) is 6.10. The summed E-state index contributed by atoms with van der Waals surface area (Å²) in [4.78, 5) is 11.0. The van der Waals surface area contributed by atoms with Gasteiger partial charge in [0.1, 0.15) is 0 Å². The van der Waals surface area contributed by atoms with Crippen molar-refractivity contribution in [2.24, 2.45) is 0 Å². The molecule has 1 aliphatic heterocycles. The molecule has 1 fully saturated rings. The quantitative estimate of drug-likeness (QED) is 0.609. The van der Waals surface area contributed by atoms with Gasteiger partial charge in [0.25, 0.3) is 0 Å². The predicted octanol–water partition coefficient (Wildman–Crippen LogP) is 3.51. The molecule has 8 nitrogen and oxygen atoms in total. The van der Waals surface area contributed by atoms with Gasteiger partial charge in [0.15, 0.2) is 11.5 Å². The van der Waals surface area contributed by atoms with E-state index in [1.807, 2.05) is 13.8 Å². The molecule has 0 saturated carbocycles. The van der Waals surface area contributed by atoms with Crippen LogP contribution in [0.3, 0.4) is 0 Å². The van der Waals surface area contributed by atoms with Gasteiger partial charge >= 0.3 is 0 Å². The number of hydrogen-bond donors (Lipinski definition) is 1. The number of likely N-dealkylation sites (tertiary alicyclic amines) is 1. The lowest BCUT2D eigenvalue weighted by Crippen LogP contribution is -2.39. The molecule has 0 aliphatic carbocycles. The summed E-state index contributed by atoms with van der Waals surface area (Å²) in [5.41, 5.74) is 0.973. The standard InChI is InChI=1S/C22H31FN4O4/c1-5-30-17-11-15(12-18(21(17)23)31-6-2)14-27-9-7-16(8-10-27)24-22-25-19(28-3)13-20(26-22)29-4/h11-13,16H,5-10,14H2,1-4H3,(H,24,25,26). The van der Waals surface area contributed by atoms with Crippen molar-refractivity contribution in [3.63, 3.8) is 0 Å². The van der Waals surface area contributed by atoms with Gasteiger partial charge in [-0.25, -0.2) is 0 Å². The molecule has 0 unspecified atom stereocenters. The number of nitrogens with zero attached hydrogens (tertiary/aromatic N) is 3. The van der Waals surface area contributed by atoms with Gasteiger partial charge in [-0.2, -0.15) is 14.4 Å². The summed E-state index contributed by atoms with van der Waals surface area (Å²) in [6.45, 7) is 6.97. The SMILES string of the molecule is CCOc1cc(CN2CCC(Nc3nc(OC)cc(OC)n3)CC2)cc(OCC)c1F. The number of anilines is 1. The van der Waals surface area contributed by atoms with Crippen LogP contribution in [0.15, 0.2) is 18.2 Å². The molecule has 3 rings (SSSR count). The van der Waals surface area contributed by atoms with E-state index in [9.17, 15) is 4.39 Å². The molecule has 2 heterocycles. The highest BCUT2D eigenvalue weighted by molar-refractivity contribution is 5.40. The Hall–Kier alpha value is -2.81. The number of halogens is 1. The number of piperidine rings is 1. The summed E-state index contributed by atoms with van der Waals surface area (Å²) >= 11 is 0. The van der Waals surface area contributed by atoms with Crippen molar-refractivity contribution in [2.75, 3.05) is 45.8 Å². The van der Waals surface area contributed by atoms with Crippen LogP contribution in [0, 0.1) is 5.82 Å². The number of ether oxygens (including phenoxy) is 4. The zero-order valence-electron chi connectivity index (χ0n) is 18.6. The molecular weight excluding hydrogens is 403 g/mol. The summed E-state index contributed by atoms with van der Waals surface area (Å²) in [5, 5.41) is 3.38. The molecule has 1 aromatic heterocycles. The van der Waals surface area contributed by atoms with Gasteiger partial charge in [-0.15, -0.1) is 0 Å².